The molecule has 1 aliphatic rings. The first-order chi connectivity index (χ1) is 13.3. The Balaban J connectivity index is 1.48. The topological polar surface area (TPSA) is 86.0 Å². The molecule has 2 aromatic rings. The van der Waals surface area contributed by atoms with E-state index in [0.29, 0.717) is 18.8 Å². The van der Waals surface area contributed by atoms with Gasteiger partial charge in [0.1, 0.15) is 5.82 Å². The molecule has 2 N–H and O–H groups in total. The van der Waals surface area contributed by atoms with E-state index < -0.39 is 0 Å². The second kappa shape index (κ2) is 9.61. The van der Waals surface area contributed by atoms with Crippen LogP contribution < -0.4 is 15.5 Å². The molecule has 0 bridgehead atoms. The van der Waals surface area contributed by atoms with E-state index in [4.69, 9.17) is 4.42 Å². The molecule has 2 aromatic heterocycles. The Morgan fingerprint density at radius 3 is 2.70 bits per heavy atom. The molecule has 3 rings (SSSR count). The van der Waals surface area contributed by atoms with Crippen LogP contribution in [0.3, 0.4) is 0 Å². The number of guanidine groups is 1. The van der Waals surface area contributed by atoms with Crippen molar-refractivity contribution in [1.82, 2.24) is 20.5 Å². The fourth-order valence-corrected chi connectivity index (χ4v) is 2.94. The molecular weight excluding hydrogens is 344 g/mol. The van der Waals surface area contributed by atoms with E-state index in [2.05, 4.69) is 37.3 Å². The van der Waals surface area contributed by atoms with Gasteiger partial charge < -0.3 is 24.9 Å². The first-order valence-corrected chi connectivity index (χ1v) is 9.29. The number of nitrogens with zero attached hydrogens (tertiary/aromatic N) is 4. The van der Waals surface area contributed by atoms with Crippen molar-refractivity contribution in [2.24, 2.45) is 4.99 Å². The second-order valence-electron chi connectivity index (χ2n) is 6.13. The van der Waals surface area contributed by atoms with E-state index in [0.717, 1.165) is 44.5 Å². The number of aliphatic imine (C=N–C) groups is 1. The quantitative estimate of drug-likeness (QED) is 0.451. The van der Waals surface area contributed by atoms with Gasteiger partial charge in [-0.1, -0.05) is 6.07 Å². The van der Waals surface area contributed by atoms with Crippen molar-refractivity contribution in [3.8, 4) is 0 Å². The number of amides is 1. The Labute approximate surface area is 159 Å². The van der Waals surface area contributed by atoms with Crippen molar-refractivity contribution in [1.29, 1.82) is 0 Å². The third kappa shape index (κ3) is 5.22. The maximum atomic E-state index is 11.9. The van der Waals surface area contributed by atoms with Gasteiger partial charge in [-0.2, -0.15) is 0 Å². The highest BCUT2D eigenvalue weighted by atomic mass is 16.3. The number of piperazine rings is 1. The number of carbonyl (C=O) groups is 1. The van der Waals surface area contributed by atoms with Crippen LogP contribution in [-0.4, -0.2) is 67.6 Å². The van der Waals surface area contributed by atoms with Crippen LogP contribution in [0.4, 0.5) is 5.82 Å². The lowest BCUT2D eigenvalue weighted by Crippen LogP contribution is -2.52. The van der Waals surface area contributed by atoms with Gasteiger partial charge in [0.05, 0.1) is 12.8 Å². The summed E-state index contributed by atoms with van der Waals surface area (Å²) in [7, 11) is 0. The number of furan rings is 1. The summed E-state index contributed by atoms with van der Waals surface area (Å²) in [6.45, 7) is 7.38. The van der Waals surface area contributed by atoms with E-state index in [9.17, 15) is 4.79 Å². The lowest BCUT2D eigenvalue weighted by atomic mass is 10.3. The minimum Gasteiger partial charge on any atom is -0.459 e. The first-order valence-electron chi connectivity index (χ1n) is 9.29. The third-order valence-corrected chi connectivity index (χ3v) is 4.29. The van der Waals surface area contributed by atoms with Crippen LogP contribution in [0.1, 0.15) is 17.5 Å². The zero-order valence-corrected chi connectivity index (χ0v) is 15.6. The number of hydrogen-bond donors (Lipinski definition) is 2. The highest BCUT2D eigenvalue weighted by molar-refractivity contribution is 5.91. The number of aromatic nitrogens is 1. The Bertz CT molecular complexity index is 724. The average Bonchev–Trinajstić information content (AvgIpc) is 3.26. The number of rotatable bonds is 6. The van der Waals surface area contributed by atoms with Gasteiger partial charge in [-0.3, -0.25) is 9.79 Å². The molecule has 8 nitrogen and oxygen atoms in total. The number of hydrogen-bond acceptors (Lipinski definition) is 5. The van der Waals surface area contributed by atoms with Gasteiger partial charge in [-0.05, 0) is 31.2 Å². The van der Waals surface area contributed by atoms with Gasteiger partial charge in [-0.15, -0.1) is 0 Å². The number of anilines is 1. The van der Waals surface area contributed by atoms with Crippen LogP contribution in [0.25, 0.3) is 0 Å². The highest BCUT2D eigenvalue weighted by Crippen LogP contribution is 2.12. The summed E-state index contributed by atoms with van der Waals surface area (Å²) in [5.74, 6) is 1.99. The van der Waals surface area contributed by atoms with Crippen LogP contribution in [0.5, 0.6) is 0 Å². The third-order valence-electron chi connectivity index (χ3n) is 4.29. The van der Waals surface area contributed by atoms with Gasteiger partial charge in [-0.25, -0.2) is 4.98 Å². The molecule has 1 fully saturated rings. The van der Waals surface area contributed by atoms with Gasteiger partial charge in [0.15, 0.2) is 11.7 Å². The largest absolute Gasteiger partial charge is 0.459 e. The summed E-state index contributed by atoms with van der Waals surface area (Å²) in [4.78, 5) is 25.4. The van der Waals surface area contributed by atoms with Crippen molar-refractivity contribution >= 4 is 17.7 Å². The minimum absolute atomic E-state index is 0.218. The second-order valence-corrected chi connectivity index (χ2v) is 6.13. The average molecular weight is 370 g/mol. The molecule has 8 heteroatoms. The maximum Gasteiger partial charge on any atom is 0.287 e. The van der Waals surface area contributed by atoms with Crippen molar-refractivity contribution < 1.29 is 9.21 Å². The monoisotopic (exact) mass is 370 g/mol. The Morgan fingerprint density at radius 2 is 2.04 bits per heavy atom. The molecule has 1 amide bonds. The summed E-state index contributed by atoms with van der Waals surface area (Å²) < 4.78 is 5.08. The predicted octanol–water partition coefficient (Wildman–Crippen LogP) is 1.19. The summed E-state index contributed by atoms with van der Waals surface area (Å²) in [5, 5.41) is 6.14. The number of pyridine rings is 1. The molecule has 144 valence electrons. The van der Waals surface area contributed by atoms with Gasteiger partial charge >= 0.3 is 0 Å². The van der Waals surface area contributed by atoms with Gasteiger partial charge in [0.25, 0.3) is 5.91 Å². The SMILES string of the molecule is CCNC(=NCCNC(=O)c1ccco1)N1CCN(c2ccccn2)CC1. The van der Waals surface area contributed by atoms with Crippen LogP contribution in [0, 0.1) is 0 Å². The number of nitrogens with one attached hydrogen (secondary N) is 2. The van der Waals surface area contributed by atoms with Gasteiger partial charge in [0.2, 0.25) is 0 Å². The van der Waals surface area contributed by atoms with E-state index in [-0.39, 0.29) is 5.91 Å². The molecule has 1 saturated heterocycles. The Hall–Kier alpha value is -3.03. The van der Waals surface area contributed by atoms with E-state index in [1.807, 2.05) is 24.4 Å². The van der Waals surface area contributed by atoms with E-state index in [1.165, 1.54) is 6.26 Å². The summed E-state index contributed by atoms with van der Waals surface area (Å²) >= 11 is 0. The predicted molar refractivity (Wildman–Crippen MR) is 105 cm³/mol. The molecule has 0 spiro atoms. The molecule has 0 aliphatic carbocycles. The zero-order valence-electron chi connectivity index (χ0n) is 15.6. The van der Waals surface area contributed by atoms with E-state index >= 15 is 0 Å². The smallest absolute Gasteiger partial charge is 0.287 e. The molecule has 0 saturated carbocycles. The van der Waals surface area contributed by atoms with Crippen LogP contribution in [0.15, 0.2) is 52.2 Å². The molecule has 27 heavy (non-hydrogen) atoms. The fourth-order valence-electron chi connectivity index (χ4n) is 2.94. The Morgan fingerprint density at radius 1 is 1.19 bits per heavy atom. The molecular formula is C19H26N6O2. The summed E-state index contributed by atoms with van der Waals surface area (Å²) in [5.41, 5.74) is 0. The lowest BCUT2D eigenvalue weighted by Gasteiger charge is -2.37. The molecule has 0 atom stereocenters. The minimum atomic E-state index is -0.218. The molecule has 1 aliphatic heterocycles. The normalized spacial score (nSPS) is 14.9. The molecule has 3 heterocycles. The van der Waals surface area contributed by atoms with E-state index in [1.54, 1.807) is 12.1 Å². The summed E-state index contributed by atoms with van der Waals surface area (Å²) in [6.07, 6.45) is 3.31. The first kappa shape index (κ1) is 18.8. The molecule has 0 unspecified atom stereocenters. The maximum absolute atomic E-state index is 11.9. The van der Waals surface area contributed by atoms with Crippen molar-refractivity contribution in [2.45, 2.75) is 6.92 Å². The zero-order chi connectivity index (χ0) is 18.9. The lowest BCUT2D eigenvalue weighted by molar-refractivity contribution is 0.0927. The van der Waals surface area contributed by atoms with Gasteiger partial charge in [0, 0.05) is 45.5 Å². The molecule has 0 radical (unpaired) electrons. The fraction of sp³-hybridized carbons (Fsp3) is 0.421. The van der Waals surface area contributed by atoms with Crippen molar-refractivity contribution in [3.05, 3.63) is 48.6 Å². The van der Waals surface area contributed by atoms with Crippen molar-refractivity contribution in [2.75, 3.05) is 50.7 Å². The molecule has 0 aromatic carbocycles. The standard InChI is InChI=1S/C19H26N6O2/c1-2-20-19(23-10-9-22-18(26)16-6-5-15-27-16)25-13-11-24(12-14-25)17-7-3-4-8-21-17/h3-8,15H,2,9-14H2,1H3,(H,20,23)(H,22,26). The van der Waals surface area contributed by atoms with Crippen LogP contribution >= 0.6 is 0 Å². The highest BCUT2D eigenvalue weighted by Gasteiger charge is 2.20. The number of carbonyl (C=O) groups excluding carboxylic acids is 1. The van der Waals surface area contributed by atoms with Crippen molar-refractivity contribution in [3.63, 3.8) is 0 Å². The Kier molecular flexibility index (Phi) is 6.67. The van der Waals surface area contributed by atoms with Crippen LogP contribution in [0.2, 0.25) is 0 Å². The summed E-state index contributed by atoms with van der Waals surface area (Å²) in [6, 6.07) is 9.32. The van der Waals surface area contributed by atoms with Crippen LogP contribution in [-0.2, 0) is 0 Å².